The molecule has 2 rings (SSSR count). The predicted octanol–water partition coefficient (Wildman–Crippen LogP) is 2.54. The Kier molecular flexibility index (Phi) is 4.54. The highest BCUT2D eigenvalue weighted by Crippen LogP contribution is 2.20. The molecule has 1 amide bonds. The lowest BCUT2D eigenvalue weighted by Crippen LogP contribution is -2.14. The number of aromatic nitrogens is 2. The largest absolute Gasteiger partial charge is 0.494 e. The molecule has 0 saturated heterocycles. The van der Waals surface area contributed by atoms with Gasteiger partial charge in [-0.3, -0.25) is 10.1 Å². The molecule has 0 aliphatic heterocycles. The van der Waals surface area contributed by atoms with Crippen LogP contribution in [-0.4, -0.2) is 30.1 Å². The first-order valence-electron chi connectivity index (χ1n) is 5.77. The van der Waals surface area contributed by atoms with E-state index in [2.05, 4.69) is 15.3 Å². The van der Waals surface area contributed by atoms with Crippen LogP contribution in [0.4, 0.5) is 10.3 Å². The molecule has 0 aliphatic carbocycles. The summed E-state index contributed by atoms with van der Waals surface area (Å²) >= 11 is 5.77. The zero-order valence-corrected chi connectivity index (χ0v) is 11.9. The number of amides is 1. The van der Waals surface area contributed by atoms with Gasteiger partial charge in [-0.2, -0.15) is 4.98 Å². The summed E-state index contributed by atoms with van der Waals surface area (Å²) < 4.78 is 23.0. The van der Waals surface area contributed by atoms with Crippen molar-refractivity contribution >= 4 is 23.5 Å². The lowest BCUT2D eigenvalue weighted by molar-refractivity contribution is 0.102. The standard InChI is InChI=1S/C13H11ClFN3O3/c1-20-9-5-7(3-4-8(9)15)12(19)18-13-16-10(14)6-11(17-13)21-2/h3-6H,1-2H3,(H,16,17,18,19). The van der Waals surface area contributed by atoms with E-state index in [-0.39, 0.29) is 28.3 Å². The lowest BCUT2D eigenvalue weighted by Gasteiger charge is -2.07. The third-order valence-corrected chi connectivity index (χ3v) is 2.71. The van der Waals surface area contributed by atoms with Gasteiger partial charge >= 0.3 is 0 Å². The second kappa shape index (κ2) is 6.36. The molecule has 0 unspecified atom stereocenters. The summed E-state index contributed by atoms with van der Waals surface area (Å²) in [4.78, 5) is 19.8. The molecule has 0 atom stereocenters. The summed E-state index contributed by atoms with van der Waals surface area (Å²) in [6.07, 6.45) is 0. The van der Waals surface area contributed by atoms with Gasteiger partial charge in [-0.25, -0.2) is 9.37 Å². The van der Waals surface area contributed by atoms with Crippen molar-refractivity contribution in [2.75, 3.05) is 19.5 Å². The molecule has 6 nitrogen and oxygen atoms in total. The number of carbonyl (C=O) groups excluding carboxylic acids is 1. The highest BCUT2D eigenvalue weighted by Gasteiger charge is 2.13. The molecule has 0 fully saturated rings. The monoisotopic (exact) mass is 311 g/mol. The smallest absolute Gasteiger partial charge is 0.258 e. The van der Waals surface area contributed by atoms with Crippen molar-refractivity contribution < 1.29 is 18.7 Å². The fourth-order valence-electron chi connectivity index (χ4n) is 1.53. The van der Waals surface area contributed by atoms with Crippen molar-refractivity contribution in [2.45, 2.75) is 0 Å². The summed E-state index contributed by atoms with van der Waals surface area (Å²) in [7, 11) is 2.72. The number of benzene rings is 1. The first-order valence-corrected chi connectivity index (χ1v) is 6.14. The molecule has 0 spiro atoms. The van der Waals surface area contributed by atoms with Crippen molar-refractivity contribution in [2.24, 2.45) is 0 Å². The molecular formula is C13H11ClFN3O3. The van der Waals surface area contributed by atoms with Crippen LogP contribution in [0, 0.1) is 5.82 Å². The highest BCUT2D eigenvalue weighted by atomic mass is 35.5. The van der Waals surface area contributed by atoms with E-state index in [0.29, 0.717) is 0 Å². The van der Waals surface area contributed by atoms with Crippen molar-refractivity contribution in [3.8, 4) is 11.6 Å². The van der Waals surface area contributed by atoms with Gasteiger partial charge in [-0.05, 0) is 18.2 Å². The summed E-state index contributed by atoms with van der Waals surface area (Å²) in [5, 5.41) is 2.56. The van der Waals surface area contributed by atoms with Gasteiger partial charge in [0.2, 0.25) is 11.8 Å². The van der Waals surface area contributed by atoms with E-state index in [9.17, 15) is 9.18 Å². The minimum Gasteiger partial charge on any atom is -0.494 e. The van der Waals surface area contributed by atoms with E-state index in [1.54, 1.807) is 0 Å². The third kappa shape index (κ3) is 3.57. The van der Waals surface area contributed by atoms with Crippen LogP contribution >= 0.6 is 11.6 Å². The number of anilines is 1. The molecule has 8 heteroatoms. The number of carbonyl (C=O) groups is 1. The van der Waals surface area contributed by atoms with Crippen molar-refractivity contribution in [1.82, 2.24) is 9.97 Å². The number of ether oxygens (including phenoxy) is 2. The van der Waals surface area contributed by atoms with Gasteiger partial charge in [0, 0.05) is 11.6 Å². The molecule has 0 radical (unpaired) electrons. The van der Waals surface area contributed by atoms with E-state index in [0.717, 1.165) is 6.07 Å². The summed E-state index contributed by atoms with van der Waals surface area (Å²) in [5.41, 5.74) is 0.191. The molecule has 1 N–H and O–H groups in total. The minimum absolute atomic E-state index is 0.0207. The van der Waals surface area contributed by atoms with Gasteiger partial charge < -0.3 is 9.47 Å². The van der Waals surface area contributed by atoms with Gasteiger partial charge in [0.15, 0.2) is 11.6 Å². The topological polar surface area (TPSA) is 73.3 Å². The average molecular weight is 312 g/mol. The highest BCUT2D eigenvalue weighted by molar-refractivity contribution is 6.29. The second-order valence-electron chi connectivity index (χ2n) is 3.86. The number of nitrogens with one attached hydrogen (secondary N) is 1. The first-order chi connectivity index (χ1) is 10.0. The van der Waals surface area contributed by atoms with Gasteiger partial charge in [-0.15, -0.1) is 0 Å². The number of hydrogen-bond acceptors (Lipinski definition) is 5. The van der Waals surface area contributed by atoms with Crippen LogP contribution in [0.1, 0.15) is 10.4 Å². The molecule has 0 aliphatic rings. The molecule has 110 valence electrons. The predicted molar refractivity (Wildman–Crippen MR) is 74.5 cm³/mol. The molecular weight excluding hydrogens is 301 g/mol. The van der Waals surface area contributed by atoms with Gasteiger partial charge in [-0.1, -0.05) is 11.6 Å². The number of methoxy groups -OCH3 is 2. The van der Waals surface area contributed by atoms with Crippen molar-refractivity contribution in [1.29, 1.82) is 0 Å². The maximum absolute atomic E-state index is 13.3. The number of hydrogen-bond donors (Lipinski definition) is 1. The summed E-state index contributed by atoms with van der Waals surface area (Å²) in [5.74, 6) is -0.936. The Morgan fingerprint density at radius 3 is 2.67 bits per heavy atom. The lowest BCUT2D eigenvalue weighted by atomic mass is 10.2. The van der Waals surface area contributed by atoms with Crippen LogP contribution in [0.3, 0.4) is 0 Å². The Morgan fingerprint density at radius 1 is 1.24 bits per heavy atom. The van der Waals surface area contributed by atoms with Crippen LogP contribution in [-0.2, 0) is 0 Å². The molecule has 1 heterocycles. The molecule has 21 heavy (non-hydrogen) atoms. The molecule has 1 aromatic heterocycles. The Morgan fingerprint density at radius 2 is 2.00 bits per heavy atom. The van der Waals surface area contributed by atoms with Crippen LogP contribution in [0.15, 0.2) is 24.3 Å². The average Bonchev–Trinajstić information content (AvgIpc) is 2.46. The molecule has 0 bridgehead atoms. The van der Waals surface area contributed by atoms with Crippen LogP contribution in [0.25, 0.3) is 0 Å². The second-order valence-corrected chi connectivity index (χ2v) is 4.25. The van der Waals surface area contributed by atoms with E-state index in [1.165, 1.54) is 32.4 Å². The van der Waals surface area contributed by atoms with E-state index in [1.807, 2.05) is 0 Å². The number of halogens is 2. The molecule has 1 aromatic carbocycles. The zero-order chi connectivity index (χ0) is 15.4. The van der Waals surface area contributed by atoms with Gasteiger partial charge in [0.05, 0.1) is 14.2 Å². The van der Waals surface area contributed by atoms with E-state index >= 15 is 0 Å². The summed E-state index contributed by atoms with van der Waals surface area (Å²) in [6.45, 7) is 0. The normalized spacial score (nSPS) is 10.1. The Bertz CT molecular complexity index is 682. The first kappa shape index (κ1) is 15.0. The Balaban J connectivity index is 2.23. The fourth-order valence-corrected chi connectivity index (χ4v) is 1.71. The van der Waals surface area contributed by atoms with Gasteiger partial charge in [0.25, 0.3) is 5.91 Å². The molecule has 0 saturated carbocycles. The van der Waals surface area contributed by atoms with Crippen LogP contribution < -0.4 is 14.8 Å². The maximum atomic E-state index is 13.3. The minimum atomic E-state index is -0.560. The Labute approximate surface area is 124 Å². The van der Waals surface area contributed by atoms with Crippen LogP contribution in [0.2, 0.25) is 5.15 Å². The summed E-state index contributed by atoms with van der Waals surface area (Å²) in [6, 6.07) is 5.12. The quantitative estimate of drug-likeness (QED) is 0.878. The third-order valence-electron chi connectivity index (χ3n) is 2.52. The van der Waals surface area contributed by atoms with Crippen molar-refractivity contribution in [3.05, 3.63) is 40.8 Å². The van der Waals surface area contributed by atoms with Gasteiger partial charge in [0.1, 0.15) is 5.15 Å². The number of rotatable bonds is 4. The Hall–Kier alpha value is -2.41. The zero-order valence-electron chi connectivity index (χ0n) is 11.2. The fraction of sp³-hybridized carbons (Fsp3) is 0.154. The number of nitrogens with zero attached hydrogens (tertiary/aromatic N) is 2. The maximum Gasteiger partial charge on any atom is 0.258 e. The SMILES string of the molecule is COc1cc(Cl)nc(NC(=O)c2ccc(F)c(OC)c2)n1. The van der Waals surface area contributed by atoms with E-state index in [4.69, 9.17) is 21.1 Å². The molecule has 2 aromatic rings. The van der Waals surface area contributed by atoms with Crippen LogP contribution in [0.5, 0.6) is 11.6 Å². The van der Waals surface area contributed by atoms with E-state index < -0.39 is 11.7 Å². The van der Waals surface area contributed by atoms with Crippen molar-refractivity contribution in [3.63, 3.8) is 0 Å².